The van der Waals surface area contributed by atoms with Crippen molar-refractivity contribution in [3.63, 3.8) is 0 Å². The Bertz CT molecular complexity index is 1160. The van der Waals surface area contributed by atoms with Crippen LogP contribution in [0.15, 0.2) is 72.8 Å². The fraction of sp³-hybridized carbons (Fsp3) is 0.208. The summed E-state index contributed by atoms with van der Waals surface area (Å²) in [7, 11) is -3.47. The van der Waals surface area contributed by atoms with E-state index in [9.17, 15) is 13.2 Å². The molecule has 0 radical (unpaired) electrons. The lowest BCUT2D eigenvalue weighted by molar-refractivity contribution is 0.0947. The van der Waals surface area contributed by atoms with Crippen molar-refractivity contribution in [3.8, 4) is 5.75 Å². The largest absolute Gasteiger partial charge is 0.492 e. The summed E-state index contributed by atoms with van der Waals surface area (Å²) in [5.74, 6) is 0.451. The third-order valence-corrected chi connectivity index (χ3v) is 6.09. The Morgan fingerprint density at radius 1 is 1.03 bits per heavy atom. The molecule has 0 aromatic heterocycles. The van der Waals surface area contributed by atoms with E-state index >= 15 is 0 Å². The Morgan fingerprint density at radius 2 is 1.72 bits per heavy atom. The van der Waals surface area contributed by atoms with Crippen LogP contribution in [-0.2, 0) is 16.6 Å². The van der Waals surface area contributed by atoms with Gasteiger partial charge in [-0.15, -0.1) is 0 Å². The first-order chi connectivity index (χ1) is 15.2. The molecule has 0 spiro atoms. The van der Waals surface area contributed by atoms with Crippen molar-refractivity contribution in [2.75, 3.05) is 23.7 Å². The second kappa shape index (κ2) is 10.5. The highest BCUT2D eigenvalue weighted by Gasteiger charge is 2.18. The van der Waals surface area contributed by atoms with Gasteiger partial charge >= 0.3 is 0 Å². The van der Waals surface area contributed by atoms with Crippen LogP contribution in [0.3, 0.4) is 0 Å². The number of halogens is 1. The lowest BCUT2D eigenvalue weighted by Gasteiger charge is -2.23. The molecule has 3 rings (SSSR count). The number of aryl methyl sites for hydroxylation is 1. The first-order valence-electron chi connectivity index (χ1n) is 10.0. The van der Waals surface area contributed by atoms with Crippen molar-refractivity contribution in [3.05, 3.63) is 94.5 Å². The predicted octanol–water partition coefficient (Wildman–Crippen LogP) is 4.42. The van der Waals surface area contributed by atoms with Crippen LogP contribution in [0.25, 0.3) is 0 Å². The van der Waals surface area contributed by atoms with Crippen molar-refractivity contribution < 1.29 is 17.9 Å². The normalized spacial score (nSPS) is 11.1. The molecule has 1 N–H and O–H groups in total. The molecule has 0 fully saturated rings. The van der Waals surface area contributed by atoms with Gasteiger partial charge in [0, 0.05) is 10.6 Å². The van der Waals surface area contributed by atoms with Crippen molar-refractivity contribution in [1.82, 2.24) is 5.32 Å². The van der Waals surface area contributed by atoms with Crippen LogP contribution in [0, 0.1) is 6.92 Å². The molecule has 168 valence electrons. The van der Waals surface area contributed by atoms with Gasteiger partial charge in [0.05, 0.1) is 25.0 Å². The molecule has 0 saturated carbocycles. The minimum atomic E-state index is -3.47. The third kappa shape index (κ3) is 6.73. The lowest BCUT2D eigenvalue weighted by atomic mass is 10.1. The number of benzene rings is 3. The van der Waals surface area contributed by atoms with Gasteiger partial charge in [0.25, 0.3) is 5.91 Å². The molecule has 3 aromatic rings. The summed E-state index contributed by atoms with van der Waals surface area (Å²) in [6, 6.07) is 21.2. The molecule has 0 bridgehead atoms. The van der Waals surface area contributed by atoms with Gasteiger partial charge < -0.3 is 10.1 Å². The third-order valence-electron chi connectivity index (χ3n) is 4.70. The summed E-state index contributed by atoms with van der Waals surface area (Å²) in [4.78, 5) is 12.4. The maximum atomic E-state index is 12.4. The standard InChI is InChI=1S/C24H25ClN2O4S/c1-18-4-3-5-22(16-18)27(32(2,29)30)17-19-6-8-20(9-7-19)24(28)26-14-15-31-23-12-10-21(25)11-13-23/h3-13,16H,14-15,17H2,1-2H3,(H,26,28). The Balaban J connectivity index is 1.57. The van der Waals surface area contributed by atoms with E-state index < -0.39 is 10.0 Å². The lowest BCUT2D eigenvalue weighted by Crippen LogP contribution is -2.29. The van der Waals surface area contributed by atoms with E-state index in [2.05, 4.69) is 5.32 Å². The van der Waals surface area contributed by atoms with E-state index in [1.165, 1.54) is 10.6 Å². The van der Waals surface area contributed by atoms with Crippen LogP contribution in [0.1, 0.15) is 21.5 Å². The van der Waals surface area contributed by atoms with Gasteiger partial charge in [0.1, 0.15) is 12.4 Å². The molecule has 0 unspecified atom stereocenters. The molecule has 8 heteroatoms. The molecule has 6 nitrogen and oxygen atoms in total. The first-order valence-corrected chi connectivity index (χ1v) is 12.2. The van der Waals surface area contributed by atoms with Crippen molar-refractivity contribution >= 4 is 33.2 Å². The van der Waals surface area contributed by atoms with E-state index in [0.29, 0.717) is 35.2 Å². The highest BCUT2D eigenvalue weighted by atomic mass is 35.5. The minimum Gasteiger partial charge on any atom is -0.492 e. The van der Waals surface area contributed by atoms with Crippen molar-refractivity contribution in [2.24, 2.45) is 0 Å². The zero-order chi connectivity index (χ0) is 23.1. The van der Waals surface area contributed by atoms with Gasteiger partial charge in [-0.1, -0.05) is 35.9 Å². The number of nitrogens with one attached hydrogen (secondary N) is 1. The van der Waals surface area contributed by atoms with E-state index in [4.69, 9.17) is 16.3 Å². The second-order valence-corrected chi connectivity index (χ2v) is 9.71. The summed E-state index contributed by atoms with van der Waals surface area (Å²) >= 11 is 5.84. The minimum absolute atomic E-state index is 0.180. The number of rotatable bonds is 9. The average molecular weight is 473 g/mol. The molecular formula is C24H25ClN2O4S. The fourth-order valence-electron chi connectivity index (χ4n) is 3.08. The predicted molar refractivity (Wildman–Crippen MR) is 128 cm³/mol. The Kier molecular flexibility index (Phi) is 7.77. The topological polar surface area (TPSA) is 75.7 Å². The number of ether oxygens (including phenoxy) is 1. The summed E-state index contributed by atoms with van der Waals surface area (Å²) in [6.45, 7) is 2.76. The second-order valence-electron chi connectivity index (χ2n) is 7.36. The number of anilines is 1. The van der Waals surface area contributed by atoms with E-state index in [-0.39, 0.29) is 12.5 Å². The Hall–Kier alpha value is -3.03. The SMILES string of the molecule is Cc1cccc(N(Cc2ccc(C(=O)NCCOc3ccc(Cl)cc3)cc2)S(C)(=O)=O)c1. The number of amides is 1. The highest BCUT2D eigenvalue weighted by Crippen LogP contribution is 2.22. The zero-order valence-electron chi connectivity index (χ0n) is 17.9. The summed E-state index contributed by atoms with van der Waals surface area (Å²) in [6.07, 6.45) is 1.18. The van der Waals surface area contributed by atoms with E-state index in [1.54, 1.807) is 54.6 Å². The van der Waals surface area contributed by atoms with Crippen molar-refractivity contribution in [2.45, 2.75) is 13.5 Å². The highest BCUT2D eigenvalue weighted by molar-refractivity contribution is 7.92. The molecular weight excluding hydrogens is 448 g/mol. The first kappa shape index (κ1) is 23.6. The zero-order valence-corrected chi connectivity index (χ0v) is 19.5. The van der Waals surface area contributed by atoms with E-state index in [1.807, 2.05) is 25.1 Å². The smallest absolute Gasteiger partial charge is 0.251 e. The van der Waals surface area contributed by atoms with Gasteiger partial charge in [-0.3, -0.25) is 9.10 Å². The van der Waals surface area contributed by atoms with Gasteiger partial charge in [-0.05, 0) is 66.6 Å². The van der Waals surface area contributed by atoms with Crippen LogP contribution in [0.2, 0.25) is 5.02 Å². The number of sulfonamides is 1. The van der Waals surface area contributed by atoms with Gasteiger partial charge in [-0.25, -0.2) is 8.42 Å². The van der Waals surface area contributed by atoms with Crippen LogP contribution < -0.4 is 14.4 Å². The molecule has 1 amide bonds. The molecule has 0 atom stereocenters. The molecule has 0 aliphatic heterocycles. The van der Waals surface area contributed by atoms with Crippen LogP contribution in [0.5, 0.6) is 5.75 Å². The summed E-state index contributed by atoms with van der Waals surface area (Å²) < 4.78 is 31.6. The molecule has 3 aromatic carbocycles. The maximum absolute atomic E-state index is 12.4. The summed E-state index contributed by atoms with van der Waals surface area (Å²) in [5.41, 5.74) is 2.85. The fourth-order valence-corrected chi connectivity index (χ4v) is 4.08. The molecule has 0 aliphatic rings. The van der Waals surface area contributed by atoms with Gasteiger partial charge in [-0.2, -0.15) is 0 Å². The van der Waals surface area contributed by atoms with E-state index in [0.717, 1.165) is 11.1 Å². The monoisotopic (exact) mass is 472 g/mol. The van der Waals surface area contributed by atoms with Crippen LogP contribution in [0.4, 0.5) is 5.69 Å². The maximum Gasteiger partial charge on any atom is 0.251 e. The van der Waals surface area contributed by atoms with Gasteiger partial charge in [0.15, 0.2) is 0 Å². The number of nitrogens with zero attached hydrogens (tertiary/aromatic N) is 1. The number of hydrogen-bond donors (Lipinski definition) is 1. The molecule has 0 aliphatic carbocycles. The van der Waals surface area contributed by atoms with Crippen LogP contribution >= 0.6 is 11.6 Å². The molecule has 0 heterocycles. The Morgan fingerprint density at radius 3 is 2.34 bits per heavy atom. The van der Waals surface area contributed by atoms with Crippen molar-refractivity contribution in [1.29, 1.82) is 0 Å². The molecule has 0 saturated heterocycles. The van der Waals surface area contributed by atoms with Crippen LogP contribution in [-0.4, -0.2) is 33.7 Å². The number of carbonyl (C=O) groups excluding carboxylic acids is 1. The summed E-state index contributed by atoms with van der Waals surface area (Å²) in [5, 5.41) is 3.43. The molecule has 32 heavy (non-hydrogen) atoms. The average Bonchev–Trinajstić information content (AvgIpc) is 2.76. The number of carbonyl (C=O) groups is 1. The Labute approximate surface area is 193 Å². The number of hydrogen-bond acceptors (Lipinski definition) is 4. The quantitative estimate of drug-likeness (QED) is 0.467. The van der Waals surface area contributed by atoms with Gasteiger partial charge in [0.2, 0.25) is 10.0 Å².